The minimum atomic E-state index is 0.923. The molecule has 1 aliphatic heterocycles. The van der Waals surface area contributed by atoms with Crippen LogP contribution in [0.25, 0.3) is 82.8 Å². The van der Waals surface area contributed by atoms with Crippen LogP contribution in [-0.4, -0.2) is 4.57 Å². The standard InChI is InChI=1S/C36H21NO/c1-2-9-25-24(8-1)28-12-7-13-29-26-10-3-5-14-32(26)37(36(28)29)33-18-16-22(20-30(25)33)23-17-19-35-31(21-23)27-11-4-6-15-34(27)38-35/h1-21H. The summed E-state index contributed by atoms with van der Waals surface area (Å²) < 4.78 is 8.56. The summed E-state index contributed by atoms with van der Waals surface area (Å²) in [5, 5.41) is 4.89. The van der Waals surface area contributed by atoms with E-state index in [1.54, 1.807) is 0 Å². The van der Waals surface area contributed by atoms with Crippen LogP contribution in [-0.2, 0) is 0 Å². The van der Waals surface area contributed by atoms with Gasteiger partial charge in [0, 0.05) is 32.7 Å². The van der Waals surface area contributed by atoms with Crippen molar-refractivity contribution in [3.8, 4) is 39.1 Å². The number of fused-ring (bicyclic) bond motifs is 11. The van der Waals surface area contributed by atoms with E-state index in [-0.39, 0.29) is 0 Å². The molecular formula is C36H21NO. The van der Waals surface area contributed by atoms with Crippen LogP contribution in [0.3, 0.4) is 0 Å². The van der Waals surface area contributed by atoms with Gasteiger partial charge in [0.25, 0.3) is 0 Å². The second-order valence-electron chi connectivity index (χ2n) is 10.1. The molecule has 0 spiro atoms. The summed E-state index contributed by atoms with van der Waals surface area (Å²) in [6, 6.07) is 46.0. The van der Waals surface area contributed by atoms with E-state index in [0.717, 1.165) is 21.9 Å². The summed E-state index contributed by atoms with van der Waals surface area (Å²) in [5.74, 6) is 0. The lowest BCUT2D eigenvalue weighted by Gasteiger charge is -2.14. The third kappa shape index (κ3) is 2.56. The molecule has 8 aromatic rings. The molecule has 0 amide bonds. The van der Waals surface area contributed by atoms with Gasteiger partial charge in [-0.25, -0.2) is 0 Å². The molecule has 0 aliphatic carbocycles. The highest BCUT2D eigenvalue weighted by Gasteiger charge is 2.24. The minimum absolute atomic E-state index is 0.923. The highest BCUT2D eigenvalue weighted by atomic mass is 16.3. The van der Waals surface area contributed by atoms with Crippen molar-refractivity contribution in [2.45, 2.75) is 0 Å². The van der Waals surface area contributed by atoms with E-state index in [0.29, 0.717) is 0 Å². The summed E-state index contributed by atoms with van der Waals surface area (Å²) in [6.07, 6.45) is 0. The molecule has 2 nitrogen and oxygen atoms in total. The smallest absolute Gasteiger partial charge is 0.135 e. The van der Waals surface area contributed by atoms with Crippen molar-refractivity contribution in [3.63, 3.8) is 0 Å². The normalized spacial score (nSPS) is 12.2. The Morgan fingerprint density at radius 1 is 0.421 bits per heavy atom. The third-order valence-electron chi connectivity index (χ3n) is 8.15. The van der Waals surface area contributed by atoms with Crippen molar-refractivity contribution in [2.75, 3.05) is 0 Å². The van der Waals surface area contributed by atoms with E-state index < -0.39 is 0 Å². The number of benzene rings is 6. The number of hydrogen-bond acceptors (Lipinski definition) is 1. The van der Waals surface area contributed by atoms with Gasteiger partial charge in [0.2, 0.25) is 0 Å². The van der Waals surface area contributed by atoms with Crippen LogP contribution in [0, 0.1) is 0 Å². The molecule has 0 atom stereocenters. The van der Waals surface area contributed by atoms with Crippen LogP contribution in [0.4, 0.5) is 0 Å². The molecule has 2 aromatic heterocycles. The maximum Gasteiger partial charge on any atom is 0.135 e. The SMILES string of the molecule is c1ccc2c(c1)-c1cc(-c3ccc4oc5ccccc5c4c3)ccc1-n1c3ccccc3c3cccc-2c31. The van der Waals surface area contributed by atoms with Crippen LogP contribution in [0.2, 0.25) is 0 Å². The molecule has 9 rings (SSSR count). The second-order valence-corrected chi connectivity index (χ2v) is 10.1. The molecule has 0 saturated heterocycles. The lowest BCUT2D eigenvalue weighted by Crippen LogP contribution is -1.96. The van der Waals surface area contributed by atoms with Crippen LogP contribution in [0.5, 0.6) is 0 Å². The first-order chi connectivity index (χ1) is 18.8. The molecule has 6 aromatic carbocycles. The summed E-state index contributed by atoms with van der Waals surface area (Å²) in [6.45, 7) is 0. The van der Waals surface area contributed by atoms with Crippen LogP contribution in [0.15, 0.2) is 132 Å². The van der Waals surface area contributed by atoms with E-state index in [9.17, 15) is 0 Å². The highest BCUT2D eigenvalue weighted by molar-refractivity contribution is 6.16. The molecule has 0 bridgehead atoms. The van der Waals surface area contributed by atoms with Gasteiger partial charge in [-0.15, -0.1) is 0 Å². The van der Waals surface area contributed by atoms with Crippen molar-refractivity contribution < 1.29 is 4.42 Å². The molecule has 3 heterocycles. The zero-order valence-electron chi connectivity index (χ0n) is 20.5. The van der Waals surface area contributed by atoms with Crippen LogP contribution in [0.1, 0.15) is 0 Å². The molecule has 1 aliphatic rings. The lowest BCUT2D eigenvalue weighted by atomic mass is 9.91. The third-order valence-corrected chi connectivity index (χ3v) is 8.15. The fourth-order valence-electron chi connectivity index (χ4n) is 6.47. The van der Waals surface area contributed by atoms with E-state index in [4.69, 9.17) is 4.42 Å². The molecule has 2 heteroatoms. The number of hydrogen-bond donors (Lipinski definition) is 0. The van der Waals surface area contributed by atoms with E-state index >= 15 is 0 Å². The summed E-state index contributed by atoms with van der Waals surface area (Å²) in [7, 11) is 0. The summed E-state index contributed by atoms with van der Waals surface area (Å²) >= 11 is 0. The van der Waals surface area contributed by atoms with Gasteiger partial charge in [0.15, 0.2) is 0 Å². The number of nitrogens with zero attached hydrogens (tertiary/aromatic N) is 1. The summed E-state index contributed by atoms with van der Waals surface area (Å²) in [5.41, 5.74) is 13.0. The molecular weight excluding hydrogens is 462 g/mol. The van der Waals surface area contributed by atoms with E-state index in [2.05, 4.69) is 120 Å². The molecule has 38 heavy (non-hydrogen) atoms. The van der Waals surface area contributed by atoms with Gasteiger partial charge in [-0.1, -0.05) is 91.0 Å². The van der Waals surface area contributed by atoms with Gasteiger partial charge in [-0.3, -0.25) is 0 Å². The topological polar surface area (TPSA) is 18.1 Å². The first kappa shape index (κ1) is 20.0. The Morgan fingerprint density at radius 3 is 2.00 bits per heavy atom. The molecule has 0 N–H and O–H groups in total. The predicted octanol–water partition coefficient (Wildman–Crippen LogP) is 10.00. The van der Waals surface area contributed by atoms with Gasteiger partial charge >= 0.3 is 0 Å². The first-order valence-corrected chi connectivity index (χ1v) is 13.0. The lowest BCUT2D eigenvalue weighted by molar-refractivity contribution is 0.669. The Morgan fingerprint density at radius 2 is 1.08 bits per heavy atom. The average Bonchev–Trinajstić information content (AvgIpc) is 3.48. The monoisotopic (exact) mass is 483 g/mol. The zero-order chi connectivity index (χ0) is 24.8. The largest absolute Gasteiger partial charge is 0.456 e. The number of para-hydroxylation sites is 3. The highest BCUT2D eigenvalue weighted by Crippen LogP contribution is 2.47. The van der Waals surface area contributed by atoms with Crippen LogP contribution >= 0.6 is 0 Å². The van der Waals surface area contributed by atoms with Crippen molar-refractivity contribution >= 4 is 43.7 Å². The van der Waals surface area contributed by atoms with Gasteiger partial charge in [0.05, 0.1) is 16.7 Å². The molecule has 0 fully saturated rings. The quantitative estimate of drug-likeness (QED) is 0.227. The Labute approximate surface area is 219 Å². The van der Waals surface area contributed by atoms with Gasteiger partial charge < -0.3 is 8.98 Å². The number of furan rings is 1. The van der Waals surface area contributed by atoms with Crippen molar-refractivity contribution in [2.24, 2.45) is 0 Å². The van der Waals surface area contributed by atoms with E-state index in [1.165, 1.54) is 60.9 Å². The Balaban J connectivity index is 1.37. The van der Waals surface area contributed by atoms with Crippen molar-refractivity contribution in [3.05, 3.63) is 127 Å². The fourth-order valence-corrected chi connectivity index (χ4v) is 6.47. The van der Waals surface area contributed by atoms with Gasteiger partial charge in [0.1, 0.15) is 11.2 Å². The summed E-state index contributed by atoms with van der Waals surface area (Å²) in [4.78, 5) is 0. The van der Waals surface area contributed by atoms with Crippen molar-refractivity contribution in [1.29, 1.82) is 0 Å². The predicted molar refractivity (Wildman–Crippen MR) is 158 cm³/mol. The first-order valence-electron chi connectivity index (χ1n) is 13.0. The fraction of sp³-hybridized carbons (Fsp3) is 0. The number of aromatic nitrogens is 1. The average molecular weight is 484 g/mol. The van der Waals surface area contributed by atoms with Gasteiger partial charge in [-0.2, -0.15) is 0 Å². The Bertz CT molecular complexity index is 2240. The van der Waals surface area contributed by atoms with E-state index in [1.807, 2.05) is 12.1 Å². The zero-order valence-corrected chi connectivity index (χ0v) is 20.5. The minimum Gasteiger partial charge on any atom is -0.456 e. The second kappa shape index (κ2) is 7.24. The Kier molecular flexibility index (Phi) is 3.82. The molecule has 0 radical (unpaired) electrons. The molecule has 0 unspecified atom stereocenters. The molecule has 0 saturated carbocycles. The van der Waals surface area contributed by atoms with Crippen molar-refractivity contribution in [1.82, 2.24) is 4.57 Å². The molecule has 176 valence electrons. The van der Waals surface area contributed by atoms with Gasteiger partial charge in [-0.05, 0) is 58.7 Å². The Hall–Kier alpha value is -5.08. The maximum atomic E-state index is 6.09. The maximum absolute atomic E-state index is 6.09. The number of rotatable bonds is 1. The van der Waals surface area contributed by atoms with Crippen LogP contribution < -0.4 is 0 Å².